The van der Waals surface area contributed by atoms with Crippen molar-refractivity contribution in [2.24, 2.45) is 0 Å². The molecule has 0 aliphatic rings. The maximum absolute atomic E-state index is 10.7. The van der Waals surface area contributed by atoms with E-state index in [2.05, 4.69) is 10.1 Å². The van der Waals surface area contributed by atoms with Crippen LogP contribution in [-0.4, -0.2) is 15.1 Å². The molecule has 2 aromatic carbocycles. The molecule has 3 rings (SSSR count). The first-order chi connectivity index (χ1) is 11.6. The summed E-state index contributed by atoms with van der Waals surface area (Å²) in [5.41, 5.74) is 0.972. The molecular weight excluding hydrogens is 334 g/mol. The zero-order valence-electron chi connectivity index (χ0n) is 12.4. The van der Waals surface area contributed by atoms with Crippen molar-refractivity contribution in [1.29, 1.82) is 0 Å². The van der Waals surface area contributed by atoms with E-state index in [1.54, 1.807) is 0 Å². The van der Waals surface area contributed by atoms with Gasteiger partial charge in [0.1, 0.15) is 5.75 Å². The second-order valence-electron chi connectivity index (χ2n) is 4.93. The van der Waals surface area contributed by atoms with Crippen LogP contribution in [0.2, 0.25) is 5.02 Å². The number of rotatable bonds is 6. The van der Waals surface area contributed by atoms with Gasteiger partial charge in [-0.1, -0.05) is 47.1 Å². The highest BCUT2D eigenvalue weighted by atomic mass is 35.5. The molecule has 0 radical (unpaired) electrons. The fourth-order valence-corrected chi connectivity index (χ4v) is 2.29. The van der Waals surface area contributed by atoms with Gasteiger partial charge in [-0.2, -0.15) is 4.98 Å². The summed E-state index contributed by atoms with van der Waals surface area (Å²) in [6, 6.07) is 13.7. The van der Waals surface area contributed by atoms with Crippen LogP contribution in [0.25, 0.3) is 0 Å². The highest BCUT2D eigenvalue weighted by Gasteiger charge is 2.12. The summed E-state index contributed by atoms with van der Waals surface area (Å²) in [5.74, 6) is 1.16. The number of ether oxygens (including phenoxy) is 1. The Kier molecular flexibility index (Phi) is 4.72. The molecule has 0 saturated carbocycles. The van der Waals surface area contributed by atoms with Gasteiger partial charge in [-0.3, -0.25) is 10.1 Å². The maximum atomic E-state index is 10.7. The molecule has 0 aliphatic heterocycles. The smallest absolute Gasteiger partial charge is 0.271 e. The predicted molar refractivity (Wildman–Crippen MR) is 86.0 cm³/mol. The van der Waals surface area contributed by atoms with Crippen LogP contribution in [0, 0.1) is 10.1 Å². The van der Waals surface area contributed by atoms with E-state index in [1.807, 2.05) is 30.3 Å². The summed E-state index contributed by atoms with van der Waals surface area (Å²) in [4.78, 5) is 14.4. The Labute approximate surface area is 142 Å². The number of non-ortho nitro benzene ring substituents is 1. The molecule has 0 N–H and O–H groups in total. The summed E-state index contributed by atoms with van der Waals surface area (Å²) in [6.07, 6.45) is 0.558. The molecule has 1 heterocycles. The van der Waals surface area contributed by atoms with E-state index in [0.29, 0.717) is 23.9 Å². The molecule has 0 saturated heterocycles. The van der Waals surface area contributed by atoms with Crippen LogP contribution >= 0.6 is 11.6 Å². The largest absolute Gasteiger partial charge is 0.482 e. The first kappa shape index (κ1) is 15.9. The minimum Gasteiger partial charge on any atom is -0.482 e. The van der Waals surface area contributed by atoms with Crippen molar-refractivity contribution in [3.63, 3.8) is 0 Å². The van der Waals surface area contributed by atoms with E-state index in [-0.39, 0.29) is 17.3 Å². The number of hydrogen-bond acceptors (Lipinski definition) is 6. The molecule has 0 bridgehead atoms. The summed E-state index contributed by atoms with van der Waals surface area (Å²) in [7, 11) is 0. The van der Waals surface area contributed by atoms with Crippen molar-refractivity contribution in [1.82, 2.24) is 10.1 Å². The zero-order chi connectivity index (χ0) is 16.9. The molecule has 0 unspecified atom stereocenters. The standard InChI is InChI=1S/C16H12ClN3O4/c17-13-9-12(20(21)22)6-7-14(13)23-10-16-18-15(19-24-16)8-11-4-2-1-3-5-11/h1-7,9H,8,10H2. The molecule has 8 heteroatoms. The quantitative estimate of drug-likeness (QED) is 0.498. The number of hydrogen-bond donors (Lipinski definition) is 0. The van der Waals surface area contributed by atoms with Crippen molar-refractivity contribution < 1.29 is 14.2 Å². The van der Waals surface area contributed by atoms with Crippen LogP contribution in [0.5, 0.6) is 5.75 Å². The fourth-order valence-electron chi connectivity index (χ4n) is 2.06. The Morgan fingerprint density at radius 1 is 1.21 bits per heavy atom. The Morgan fingerprint density at radius 2 is 2.00 bits per heavy atom. The van der Waals surface area contributed by atoms with Crippen molar-refractivity contribution >= 4 is 17.3 Å². The number of nitrogens with zero attached hydrogens (tertiary/aromatic N) is 3. The van der Waals surface area contributed by atoms with Crippen LogP contribution < -0.4 is 4.74 Å². The SMILES string of the molecule is O=[N+]([O-])c1ccc(OCc2nc(Cc3ccccc3)no2)c(Cl)c1. The van der Waals surface area contributed by atoms with Gasteiger partial charge in [0.05, 0.1) is 9.95 Å². The van der Waals surface area contributed by atoms with Crippen molar-refractivity contribution in [3.05, 3.63) is 80.9 Å². The minimum atomic E-state index is -0.524. The van der Waals surface area contributed by atoms with Gasteiger partial charge in [-0.15, -0.1) is 0 Å². The van der Waals surface area contributed by atoms with Crippen LogP contribution in [0.15, 0.2) is 53.1 Å². The van der Waals surface area contributed by atoms with Crippen LogP contribution in [0.1, 0.15) is 17.3 Å². The fraction of sp³-hybridized carbons (Fsp3) is 0.125. The predicted octanol–water partition coefficient (Wildman–Crippen LogP) is 3.80. The van der Waals surface area contributed by atoms with E-state index < -0.39 is 4.92 Å². The molecule has 0 amide bonds. The molecule has 24 heavy (non-hydrogen) atoms. The van der Waals surface area contributed by atoms with Gasteiger partial charge in [0.2, 0.25) is 0 Å². The summed E-state index contributed by atoms with van der Waals surface area (Å²) < 4.78 is 10.6. The number of nitro groups is 1. The van der Waals surface area contributed by atoms with Crippen molar-refractivity contribution in [2.45, 2.75) is 13.0 Å². The normalized spacial score (nSPS) is 10.5. The van der Waals surface area contributed by atoms with Crippen LogP contribution in [-0.2, 0) is 13.0 Å². The molecule has 3 aromatic rings. The van der Waals surface area contributed by atoms with Gasteiger partial charge in [-0.05, 0) is 11.6 Å². The van der Waals surface area contributed by atoms with E-state index in [0.717, 1.165) is 5.56 Å². The molecule has 122 valence electrons. The van der Waals surface area contributed by atoms with Crippen LogP contribution in [0.4, 0.5) is 5.69 Å². The van der Waals surface area contributed by atoms with E-state index in [1.165, 1.54) is 18.2 Å². The first-order valence-electron chi connectivity index (χ1n) is 7.04. The molecule has 7 nitrogen and oxygen atoms in total. The molecule has 1 aromatic heterocycles. The summed E-state index contributed by atoms with van der Waals surface area (Å²) >= 11 is 5.96. The number of aromatic nitrogens is 2. The Balaban J connectivity index is 1.62. The lowest BCUT2D eigenvalue weighted by Crippen LogP contribution is -1.98. The molecule has 0 atom stereocenters. The van der Waals surface area contributed by atoms with Gasteiger partial charge >= 0.3 is 0 Å². The van der Waals surface area contributed by atoms with Gasteiger partial charge < -0.3 is 9.26 Å². The molecule has 0 fully saturated rings. The molecular formula is C16H12ClN3O4. The summed E-state index contributed by atoms with van der Waals surface area (Å²) in [6.45, 7) is 0.0271. The third-order valence-electron chi connectivity index (χ3n) is 3.19. The van der Waals surface area contributed by atoms with Crippen molar-refractivity contribution in [2.75, 3.05) is 0 Å². The second-order valence-corrected chi connectivity index (χ2v) is 5.33. The lowest BCUT2D eigenvalue weighted by molar-refractivity contribution is -0.384. The van der Waals surface area contributed by atoms with Gasteiger partial charge in [0.15, 0.2) is 12.4 Å². The average molecular weight is 346 g/mol. The third kappa shape index (κ3) is 3.88. The maximum Gasteiger partial charge on any atom is 0.271 e. The monoisotopic (exact) mass is 345 g/mol. The Hall–Kier alpha value is -2.93. The Morgan fingerprint density at radius 3 is 2.71 bits per heavy atom. The Bertz CT molecular complexity index is 852. The topological polar surface area (TPSA) is 91.3 Å². The number of nitro benzene ring substituents is 1. The average Bonchev–Trinajstić information content (AvgIpc) is 3.02. The van der Waals surface area contributed by atoms with E-state index in [9.17, 15) is 10.1 Å². The van der Waals surface area contributed by atoms with E-state index >= 15 is 0 Å². The lowest BCUT2D eigenvalue weighted by Gasteiger charge is -2.04. The lowest BCUT2D eigenvalue weighted by atomic mass is 10.1. The second kappa shape index (κ2) is 7.10. The summed E-state index contributed by atoms with van der Waals surface area (Å²) in [5, 5.41) is 14.7. The van der Waals surface area contributed by atoms with Crippen molar-refractivity contribution in [3.8, 4) is 5.75 Å². The van der Waals surface area contributed by atoms with Crippen LogP contribution in [0.3, 0.4) is 0 Å². The zero-order valence-corrected chi connectivity index (χ0v) is 13.1. The number of benzene rings is 2. The first-order valence-corrected chi connectivity index (χ1v) is 7.42. The highest BCUT2D eigenvalue weighted by Crippen LogP contribution is 2.29. The third-order valence-corrected chi connectivity index (χ3v) is 3.49. The number of halogens is 1. The van der Waals surface area contributed by atoms with E-state index in [4.69, 9.17) is 20.9 Å². The van der Waals surface area contributed by atoms with Gasteiger partial charge in [0, 0.05) is 18.6 Å². The van der Waals surface area contributed by atoms with Gasteiger partial charge in [0.25, 0.3) is 11.6 Å². The van der Waals surface area contributed by atoms with Gasteiger partial charge in [-0.25, -0.2) is 0 Å². The highest BCUT2D eigenvalue weighted by molar-refractivity contribution is 6.32. The molecule has 0 aliphatic carbocycles. The molecule has 0 spiro atoms. The minimum absolute atomic E-state index is 0.0271.